The van der Waals surface area contributed by atoms with Crippen molar-refractivity contribution in [2.75, 3.05) is 12.3 Å². The van der Waals surface area contributed by atoms with Crippen LogP contribution in [-0.2, 0) is 20.3 Å². The first-order valence-electron chi connectivity index (χ1n) is 6.32. The molecule has 0 aliphatic carbocycles. The van der Waals surface area contributed by atoms with E-state index in [4.69, 9.17) is 16.2 Å². The monoisotopic (exact) mass is 298 g/mol. The molecule has 1 amide bonds. The molecule has 1 fully saturated rings. The average molecular weight is 298 g/mol. The minimum Gasteiger partial charge on any atom is -0.398 e. The van der Waals surface area contributed by atoms with Crippen LogP contribution < -0.4 is 11.5 Å². The predicted molar refractivity (Wildman–Crippen MR) is 75.8 cm³/mol. The maximum Gasteiger partial charge on any atom is 0.248 e. The Labute approximate surface area is 118 Å². The van der Waals surface area contributed by atoms with Crippen LogP contribution in [0.3, 0.4) is 0 Å². The lowest BCUT2D eigenvalue weighted by molar-refractivity contribution is 0.1000. The highest BCUT2D eigenvalue weighted by atomic mass is 32.2. The van der Waals surface area contributed by atoms with Crippen LogP contribution in [0.1, 0.15) is 29.3 Å². The van der Waals surface area contributed by atoms with E-state index in [-0.39, 0.29) is 23.1 Å². The summed E-state index contributed by atoms with van der Waals surface area (Å²) >= 11 is 0. The molecular formula is C13H18N2O4S. The number of nitrogen functional groups attached to an aromatic ring is 1. The van der Waals surface area contributed by atoms with Crippen molar-refractivity contribution in [2.24, 2.45) is 5.73 Å². The molecule has 2 atom stereocenters. The van der Waals surface area contributed by atoms with Gasteiger partial charge in [-0.3, -0.25) is 4.79 Å². The Morgan fingerprint density at radius 3 is 2.65 bits per heavy atom. The van der Waals surface area contributed by atoms with E-state index in [1.54, 1.807) is 6.92 Å². The van der Waals surface area contributed by atoms with Crippen LogP contribution in [0.4, 0.5) is 5.69 Å². The molecule has 1 aromatic rings. The van der Waals surface area contributed by atoms with Crippen molar-refractivity contribution in [2.45, 2.75) is 30.5 Å². The maximum atomic E-state index is 12.4. The number of nitrogens with two attached hydrogens (primary N) is 2. The first-order chi connectivity index (χ1) is 9.31. The number of primary amides is 1. The van der Waals surface area contributed by atoms with Gasteiger partial charge in [-0.15, -0.1) is 0 Å². The molecule has 1 aliphatic rings. The highest BCUT2D eigenvalue weighted by molar-refractivity contribution is 7.91. The molecule has 1 heterocycles. The summed E-state index contributed by atoms with van der Waals surface area (Å²) in [6.45, 7) is 2.22. The average Bonchev–Trinajstić information content (AvgIpc) is 2.78. The fourth-order valence-electron chi connectivity index (χ4n) is 2.39. The number of hydrogen-bond acceptors (Lipinski definition) is 5. The van der Waals surface area contributed by atoms with E-state index in [2.05, 4.69) is 0 Å². The normalized spacial score (nSPS) is 22.9. The quantitative estimate of drug-likeness (QED) is 0.784. The molecular weight excluding hydrogens is 280 g/mol. The van der Waals surface area contributed by atoms with Crippen LogP contribution in [0.5, 0.6) is 0 Å². The van der Waals surface area contributed by atoms with E-state index in [1.807, 2.05) is 0 Å². The number of rotatable bonds is 4. The second-order valence-electron chi connectivity index (χ2n) is 4.99. The lowest BCUT2D eigenvalue weighted by atomic mass is 10.1. The molecule has 2 unspecified atom stereocenters. The summed E-state index contributed by atoms with van der Waals surface area (Å²) in [6.07, 6.45) is 0.203. The third-order valence-corrected chi connectivity index (χ3v) is 5.81. The Morgan fingerprint density at radius 1 is 1.45 bits per heavy atom. The fraction of sp³-hybridized carbons (Fsp3) is 0.462. The predicted octanol–water partition coefficient (Wildman–Crippen LogP) is 0.460. The summed E-state index contributed by atoms with van der Waals surface area (Å²) in [5.74, 6) is -0.750. The van der Waals surface area contributed by atoms with Crippen LogP contribution in [0.15, 0.2) is 18.2 Å². The Kier molecular flexibility index (Phi) is 4.01. The molecule has 1 aliphatic heterocycles. The number of anilines is 1. The Bertz CT molecular complexity index is 627. The van der Waals surface area contributed by atoms with Gasteiger partial charge < -0.3 is 16.2 Å². The van der Waals surface area contributed by atoms with E-state index in [1.165, 1.54) is 18.2 Å². The number of amides is 1. The molecule has 7 heteroatoms. The Hall–Kier alpha value is -1.60. The van der Waals surface area contributed by atoms with Crippen molar-refractivity contribution in [1.82, 2.24) is 0 Å². The van der Waals surface area contributed by atoms with Gasteiger partial charge in [0.15, 0.2) is 9.84 Å². The van der Waals surface area contributed by atoms with Crippen molar-refractivity contribution in [3.8, 4) is 0 Å². The van der Waals surface area contributed by atoms with Crippen molar-refractivity contribution in [3.05, 3.63) is 29.3 Å². The van der Waals surface area contributed by atoms with Crippen LogP contribution in [0.2, 0.25) is 0 Å². The van der Waals surface area contributed by atoms with Gasteiger partial charge in [-0.05, 0) is 31.0 Å². The molecule has 0 spiro atoms. The number of carbonyl (C=O) groups is 1. The molecule has 1 saturated heterocycles. The minimum absolute atomic E-state index is 0.157. The largest absolute Gasteiger partial charge is 0.398 e. The lowest BCUT2D eigenvalue weighted by Gasteiger charge is -2.16. The summed E-state index contributed by atoms with van der Waals surface area (Å²) in [7, 11) is -3.34. The van der Waals surface area contributed by atoms with E-state index in [9.17, 15) is 13.2 Å². The van der Waals surface area contributed by atoms with Crippen molar-refractivity contribution in [3.63, 3.8) is 0 Å². The number of ether oxygens (including phenoxy) is 1. The zero-order chi connectivity index (χ0) is 14.9. The summed E-state index contributed by atoms with van der Waals surface area (Å²) < 4.78 is 30.0. The minimum atomic E-state index is -3.34. The van der Waals surface area contributed by atoms with Gasteiger partial charge in [0.05, 0.1) is 17.1 Å². The number of hydrogen-bond donors (Lipinski definition) is 2. The molecule has 110 valence electrons. The van der Waals surface area contributed by atoms with Gasteiger partial charge in [0.1, 0.15) is 0 Å². The second kappa shape index (κ2) is 5.41. The highest BCUT2D eigenvalue weighted by Crippen LogP contribution is 2.26. The SMILES string of the molecule is CC1OCCC1S(=O)(=O)Cc1ccc(C(N)=O)cc1N. The van der Waals surface area contributed by atoms with Gasteiger partial charge in [0, 0.05) is 17.9 Å². The van der Waals surface area contributed by atoms with Crippen molar-refractivity contribution >= 4 is 21.4 Å². The maximum absolute atomic E-state index is 12.4. The third kappa shape index (κ3) is 2.94. The van der Waals surface area contributed by atoms with E-state index in [0.717, 1.165) is 0 Å². The van der Waals surface area contributed by atoms with Crippen LogP contribution in [0.25, 0.3) is 0 Å². The fourth-order valence-corrected chi connectivity index (χ4v) is 4.42. The van der Waals surface area contributed by atoms with Gasteiger partial charge in [-0.1, -0.05) is 6.07 Å². The second-order valence-corrected chi connectivity index (χ2v) is 7.21. The molecule has 6 nitrogen and oxygen atoms in total. The lowest BCUT2D eigenvalue weighted by Crippen LogP contribution is -2.29. The van der Waals surface area contributed by atoms with E-state index < -0.39 is 21.0 Å². The summed E-state index contributed by atoms with van der Waals surface area (Å²) in [5, 5.41) is -0.502. The standard InChI is InChI=1S/C13H18N2O4S/c1-8-12(4-5-19-8)20(17,18)7-10-3-2-9(13(15)16)6-11(10)14/h2-3,6,8,12H,4-5,7,14H2,1H3,(H2,15,16). The number of carbonyl (C=O) groups excluding carboxylic acids is 1. The molecule has 2 rings (SSSR count). The zero-order valence-corrected chi connectivity index (χ0v) is 12.0. The van der Waals surface area contributed by atoms with Crippen LogP contribution in [-0.4, -0.2) is 32.3 Å². The third-order valence-electron chi connectivity index (χ3n) is 3.56. The van der Waals surface area contributed by atoms with Crippen LogP contribution >= 0.6 is 0 Å². The molecule has 1 aromatic carbocycles. The van der Waals surface area contributed by atoms with E-state index in [0.29, 0.717) is 18.6 Å². The van der Waals surface area contributed by atoms with Crippen molar-refractivity contribution < 1.29 is 17.9 Å². The summed E-state index contributed by atoms with van der Waals surface area (Å²) in [4.78, 5) is 11.0. The topological polar surface area (TPSA) is 112 Å². The Balaban J connectivity index is 2.23. The highest BCUT2D eigenvalue weighted by Gasteiger charge is 2.35. The van der Waals surface area contributed by atoms with Gasteiger partial charge in [-0.25, -0.2) is 8.42 Å². The summed E-state index contributed by atoms with van der Waals surface area (Å²) in [6, 6.07) is 4.42. The zero-order valence-electron chi connectivity index (χ0n) is 11.2. The van der Waals surface area contributed by atoms with Crippen molar-refractivity contribution in [1.29, 1.82) is 0 Å². The van der Waals surface area contributed by atoms with Crippen LogP contribution in [0, 0.1) is 0 Å². The van der Waals surface area contributed by atoms with Gasteiger partial charge >= 0.3 is 0 Å². The van der Waals surface area contributed by atoms with Gasteiger partial charge in [-0.2, -0.15) is 0 Å². The molecule has 0 radical (unpaired) electrons. The first kappa shape index (κ1) is 14.8. The first-order valence-corrected chi connectivity index (χ1v) is 8.04. The van der Waals surface area contributed by atoms with E-state index >= 15 is 0 Å². The molecule has 0 saturated carbocycles. The molecule has 0 aromatic heterocycles. The Morgan fingerprint density at radius 2 is 2.15 bits per heavy atom. The molecule has 20 heavy (non-hydrogen) atoms. The number of sulfone groups is 1. The smallest absolute Gasteiger partial charge is 0.248 e. The summed E-state index contributed by atoms with van der Waals surface area (Å²) in [5.41, 5.74) is 12.0. The van der Waals surface area contributed by atoms with Gasteiger partial charge in [0.2, 0.25) is 5.91 Å². The molecule has 0 bridgehead atoms. The number of benzene rings is 1. The van der Waals surface area contributed by atoms with Gasteiger partial charge in [0.25, 0.3) is 0 Å². The molecule has 4 N–H and O–H groups in total.